The van der Waals surface area contributed by atoms with E-state index in [0.717, 1.165) is 0 Å². The van der Waals surface area contributed by atoms with Gasteiger partial charge in [0, 0.05) is 0 Å². The summed E-state index contributed by atoms with van der Waals surface area (Å²) in [5.41, 5.74) is 0.582. The highest BCUT2D eigenvalue weighted by Gasteiger charge is 2.28. The van der Waals surface area contributed by atoms with Gasteiger partial charge in [0.1, 0.15) is 0 Å². The second kappa shape index (κ2) is 3.67. The van der Waals surface area contributed by atoms with Gasteiger partial charge in [0.2, 0.25) is 3.79 Å². The first-order chi connectivity index (χ1) is 6.98. The zero-order valence-electron chi connectivity index (χ0n) is 7.30. The van der Waals surface area contributed by atoms with Crippen LogP contribution in [0.1, 0.15) is 5.69 Å². The van der Waals surface area contributed by atoms with E-state index in [0.29, 0.717) is 11.0 Å². The maximum absolute atomic E-state index is 11.5. The van der Waals surface area contributed by atoms with Crippen LogP contribution in [0, 0.1) is 0 Å². The smallest absolute Gasteiger partial charge is 0.274 e. The highest BCUT2D eigenvalue weighted by Crippen LogP contribution is 2.35. The number of hydrogen-bond donors (Lipinski definition) is 1. The molecule has 1 heterocycles. The Hall–Kier alpha value is -0.770. The number of rotatable bonds is 0. The van der Waals surface area contributed by atoms with Crippen LogP contribution >= 0.6 is 34.8 Å². The van der Waals surface area contributed by atoms with Crippen molar-refractivity contribution in [2.75, 3.05) is 0 Å². The summed E-state index contributed by atoms with van der Waals surface area (Å²) in [4.78, 5) is 18.1. The molecule has 15 heavy (non-hydrogen) atoms. The molecule has 78 valence electrons. The topological polar surface area (TPSA) is 45.8 Å². The number of aromatic amines is 1. The average Bonchev–Trinajstić information content (AvgIpc) is 2.15. The number of aromatic nitrogens is 2. The summed E-state index contributed by atoms with van der Waals surface area (Å²) in [6.45, 7) is 0. The zero-order chi connectivity index (χ0) is 11.1. The largest absolute Gasteiger partial charge is 0.319 e. The summed E-state index contributed by atoms with van der Waals surface area (Å²) in [6.07, 6.45) is 0. The number of hydrogen-bond acceptors (Lipinski definition) is 2. The second-order valence-electron chi connectivity index (χ2n) is 2.93. The molecule has 0 aliphatic rings. The normalized spacial score (nSPS) is 11.9. The molecule has 0 amide bonds. The number of halogens is 3. The van der Waals surface area contributed by atoms with Gasteiger partial charge in [-0.1, -0.05) is 46.9 Å². The molecule has 2 rings (SSSR count). The minimum atomic E-state index is -1.81. The summed E-state index contributed by atoms with van der Waals surface area (Å²) in [5.74, 6) is 0. The Morgan fingerprint density at radius 2 is 1.87 bits per heavy atom. The quantitative estimate of drug-likeness (QED) is 0.743. The summed E-state index contributed by atoms with van der Waals surface area (Å²) in [6, 6.07) is 7.03. The Kier molecular flexibility index (Phi) is 2.63. The Morgan fingerprint density at radius 1 is 1.20 bits per heavy atom. The van der Waals surface area contributed by atoms with E-state index in [4.69, 9.17) is 34.8 Å². The van der Waals surface area contributed by atoms with Crippen LogP contribution in [0.2, 0.25) is 0 Å². The Morgan fingerprint density at radius 3 is 2.53 bits per heavy atom. The van der Waals surface area contributed by atoms with E-state index in [1.165, 1.54) is 0 Å². The van der Waals surface area contributed by atoms with E-state index in [-0.39, 0.29) is 5.69 Å². The van der Waals surface area contributed by atoms with Crippen molar-refractivity contribution < 1.29 is 0 Å². The predicted octanol–water partition coefficient (Wildman–Crippen LogP) is 2.75. The van der Waals surface area contributed by atoms with Crippen molar-refractivity contribution in [2.45, 2.75) is 3.79 Å². The molecule has 0 fully saturated rings. The molecule has 0 spiro atoms. The molecule has 6 heteroatoms. The zero-order valence-corrected chi connectivity index (χ0v) is 9.57. The molecule has 3 nitrogen and oxygen atoms in total. The van der Waals surface area contributed by atoms with Gasteiger partial charge in [0.25, 0.3) is 5.56 Å². The summed E-state index contributed by atoms with van der Waals surface area (Å²) < 4.78 is -1.81. The Balaban J connectivity index is 2.79. The minimum absolute atomic E-state index is 0.119. The van der Waals surface area contributed by atoms with E-state index in [1.807, 2.05) is 0 Å². The number of para-hydroxylation sites is 2. The third-order valence-electron chi connectivity index (χ3n) is 1.87. The van der Waals surface area contributed by atoms with E-state index in [1.54, 1.807) is 24.3 Å². The maximum Gasteiger partial charge on any atom is 0.274 e. The number of nitrogens with zero attached hydrogens (tertiary/aromatic N) is 1. The minimum Gasteiger partial charge on any atom is -0.319 e. The van der Waals surface area contributed by atoms with Crippen molar-refractivity contribution in [1.82, 2.24) is 9.97 Å². The van der Waals surface area contributed by atoms with Crippen LogP contribution in [-0.4, -0.2) is 9.97 Å². The van der Waals surface area contributed by atoms with Crippen molar-refractivity contribution in [3.63, 3.8) is 0 Å². The van der Waals surface area contributed by atoms with Gasteiger partial charge in [-0.2, -0.15) is 0 Å². The number of nitrogens with one attached hydrogen (secondary N) is 1. The van der Waals surface area contributed by atoms with Gasteiger partial charge in [-0.25, -0.2) is 4.98 Å². The predicted molar refractivity (Wildman–Crippen MR) is 61.6 cm³/mol. The molecule has 0 bridgehead atoms. The summed E-state index contributed by atoms with van der Waals surface area (Å²) in [5, 5.41) is 0. The molecule has 0 aliphatic carbocycles. The SMILES string of the molecule is O=c1[nH]c2ccccc2nc1C(Cl)(Cl)Cl. The Labute approximate surface area is 100.0 Å². The highest BCUT2D eigenvalue weighted by atomic mass is 35.6. The van der Waals surface area contributed by atoms with Gasteiger partial charge in [0.15, 0.2) is 5.69 Å². The summed E-state index contributed by atoms with van der Waals surface area (Å²) >= 11 is 16.8. The lowest BCUT2D eigenvalue weighted by molar-refractivity contribution is 1.03. The van der Waals surface area contributed by atoms with Crippen LogP contribution in [0.3, 0.4) is 0 Å². The number of fused-ring (bicyclic) bond motifs is 1. The van der Waals surface area contributed by atoms with Crippen LogP contribution in [0.15, 0.2) is 29.1 Å². The van der Waals surface area contributed by atoms with Gasteiger partial charge in [-0.05, 0) is 12.1 Å². The first-order valence-corrected chi connectivity index (χ1v) is 5.18. The lowest BCUT2D eigenvalue weighted by Gasteiger charge is -2.09. The summed E-state index contributed by atoms with van der Waals surface area (Å²) in [7, 11) is 0. The van der Waals surface area contributed by atoms with Crippen LogP contribution in [0.5, 0.6) is 0 Å². The molecule has 1 aromatic heterocycles. The van der Waals surface area contributed by atoms with Crippen LogP contribution in [-0.2, 0) is 3.79 Å². The third-order valence-corrected chi connectivity index (χ3v) is 2.41. The highest BCUT2D eigenvalue weighted by molar-refractivity contribution is 6.66. The van der Waals surface area contributed by atoms with Crippen molar-refractivity contribution >= 4 is 45.8 Å². The van der Waals surface area contributed by atoms with Gasteiger partial charge >= 0.3 is 0 Å². The molecule has 0 saturated heterocycles. The molecule has 0 saturated carbocycles. The van der Waals surface area contributed by atoms with Crippen LogP contribution in [0.4, 0.5) is 0 Å². The maximum atomic E-state index is 11.5. The molecule has 1 aromatic carbocycles. The van der Waals surface area contributed by atoms with E-state index in [9.17, 15) is 4.79 Å². The van der Waals surface area contributed by atoms with Crippen LogP contribution < -0.4 is 5.56 Å². The van der Waals surface area contributed by atoms with Gasteiger partial charge < -0.3 is 4.98 Å². The molecule has 1 N–H and O–H groups in total. The van der Waals surface area contributed by atoms with Gasteiger partial charge in [0.05, 0.1) is 11.0 Å². The van der Waals surface area contributed by atoms with Gasteiger partial charge in [-0.3, -0.25) is 4.79 Å². The lowest BCUT2D eigenvalue weighted by Crippen LogP contribution is -2.21. The first-order valence-electron chi connectivity index (χ1n) is 4.05. The lowest BCUT2D eigenvalue weighted by atomic mass is 10.3. The van der Waals surface area contributed by atoms with Crippen molar-refractivity contribution in [2.24, 2.45) is 0 Å². The fourth-order valence-electron chi connectivity index (χ4n) is 1.22. The van der Waals surface area contributed by atoms with Crippen molar-refractivity contribution in [1.29, 1.82) is 0 Å². The van der Waals surface area contributed by atoms with Crippen LogP contribution in [0.25, 0.3) is 11.0 Å². The van der Waals surface area contributed by atoms with E-state index in [2.05, 4.69) is 9.97 Å². The number of H-pyrrole nitrogens is 1. The molecule has 0 aliphatic heterocycles. The standard InChI is InChI=1S/C9H5Cl3N2O/c10-9(11,12)7-8(15)14-6-4-2-1-3-5(6)13-7/h1-4H,(H,14,15). The molecule has 0 unspecified atom stereocenters. The monoisotopic (exact) mass is 262 g/mol. The van der Waals surface area contributed by atoms with E-state index >= 15 is 0 Å². The number of benzene rings is 1. The third kappa shape index (κ3) is 2.09. The van der Waals surface area contributed by atoms with Crippen molar-refractivity contribution in [3.8, 4) is 0 Å². The molecule has 2 aromatic rings. The average molecular weight is 264 g/mol. The fourth-order valence-corrected chi connectivity index (χ4v) is 1.61. The molecule has 0 radical (unpaired) electrons. The fraction of sp³-hybridized carbons (Fsp3) is 0.111. The van der Waals surface area contributed by atoms with Crippen molar-refractivity contribution in [3.05, 3.63) is 40.3 Å². The second-order valence-corrected chi connectivity index (χ2v) is 5.21. The molecule has 0 atom stereocenters. The Bertz CT molecular complexity index is 559. The van der Waals surface area contributed by atoms with Gasteiger partial charge in [-0.15, -0.1) is 0 Å². The number of alkyl halides is 3. The molecular weight excluding hydrogens is 258 g/mol. The first kappa shape index (κ1) is 10.7. The van der Waals surface area contributed by atoms with E-state index < -0.39 is 9.35 Å². The molecular formula is C9H5Cl3N2O.